The third kappa shape index (κ3) is 5.09. The van der Waals surface area contributed by atoms with Gasteiger partial charge < -0.3 is 24.7 Å². The van der Waals surface area contributed by atoms with Crippen molar-refractivity contribution in [3.8, 4) is 28.4 Å². The molecule has 0 saturated heterocycles. The number of hydrogen-bond donors (Lipinski definition) is 2. The summed E-state index contributed by atoms with van der Waals surface area (Å²) in [6.07, 6.45) is 0. The van der Waals surface area contributed by atoms with E-state index in [0.717, 1.165) is 0 Å². The number of methoxy groups -OCH3 is 1. The molecular weight excluding hydrogens is 553 g/mol. The van der Waals surface area contributed by atoms with E-state index in [0.29, 0.717) is 63.3 Å². The molecule has 0 aromatic heterocycles. The van der Waals surface area contributed by atoms with Crippen LogP contribution in [0.3, 0.4) is 0 Å². The maximum atomic E-state index is 12.4. The highest BCUT2D eigenvalue weighted by atomic mass is 35.5. The lowest BCUT2D eigenvalue weighted by atomic mass is 9.89. The molecule has 0 spiro atoms. The van der Waals surface area contributed by atoms with Gasteiger partial charge in [-0.3, -0.25) is 5.41 Å². The van der Waals surface area contributed by atoms with E-state index >= 15 is 0 Å². The van der Waals surface area contributed by atoms with E-state index in [2.05, 4.69) is 4.99 Å². The third-order valence-electron chi connectivity index (χ3n) is 6.37. The molecule has 4 aromatic carbocycles. The van der Waals surface area contributed by atoms with Gasteiger partial charge in [0.1, 0.15) is 29.0 Å². The molecule has 1 aliphatic rings. The van der Waals surface area contributed by atoms with Crippen LogP contribution in [0.1, 0.15) is 28.4 Å². The average molecular weight is 578 g/mol. The number of halogens is 2. The molecule has 8 nitrogen and oxygen atoms in total. The molecule has 0 unspecified atom stereocenters. The van der Waals surface area contributed by atoms with E-state index in [4.69, 9.17) is 53.3 Å². The van der Waals surface area contributed by atoms with Crippen molar-refractivity contribution in [2.75, 3.05) is 26.9 Å². The van der Waals surface area contributed by atoms with Crippen LogP contribution in [0.4, 0.5) is 0 Å². The molecule has 0 atom stereocenters. The Labute approximate surface area is 240 Å². The zero-order valence-electron chi connectivity index (χ0n) is 21.7. The fourth-order valence-corrected chi connectivity index (χ4v) is 4.97. The summed E-state index contributed by atoms with van der Waals surface area (Å²) in [5.74, 6) is 1.06. The Kier molecular flexibility index (Phi) is 7.93. The summed E-state index contributed by atoms with van der Waals surface area (Å²) < 4.78 is 22.5. The molecule has 4 aromatic rings. The topological polar surface area (TPSA) is 116 Å². The van der Waals surface area contributed by atoms with Gasteiger partial charge in [-0.05, 0) is 54.8 Å². The predicted octanol–water partition coefficient (Wildman–Crippen LogP) is 6.85. The summed E-state index contributed by atoms with van der Waals surface area (Å²) >= 11 is 13.3. The van der Waals surface area contributed by atoms with Crippen molar-refractivity contribution in [2.45, 2.75) is 6.92 Å². The average Bonchev–Trinajstić information content (AvgIpc) is 3.25. The third-order valence-corrected chi connectivity index (χ3v) is 7.14. The van der Waals surface area contributed by atoms with Crippen LogP contribution in [-0.2, 0) is 9.47 Å². The largest absolute Gasteiger partial charge is 0.496 e. The number of aliphatic imine (C=N–C) groups is 1. The lowest BCUT2D eigenvalue weighted by Crippen LogP contribution is -2.13. The van der Waals surface area contributed by atoms with Crippen LogP contribution in [0.2, 0.25) is 10.0 Å². The summed E-state index contributed by atoms with van der Waals surface area (Å²) in [6.45, 7) is 2.91. The first-order chi connectivity index (χ1) is 19.3. The maximum Gasteiger partial charge on any atom is 0.338 e. The van der Waals surface area contributed by atoms with Crippen molar-refractivity contribution >= 4 is 51.6 Å². The van der Waals surface area contributed by atoms with Gasteiger partial charge in [0.15, 0.2) is 11.6 Å². The highest BCUT2D eigenvalue weighted by Crippen LogP contribution is 2.49. The van der Waals surface area contributed by atoms with E-state index in [9.17, 15) is 4.79 Å². The van der Waals surface area contributed by atoms with Gasteiger partial charge in [-0.25, -0.2) is 9.79 Å². The number of rotatable bonds is 9. The smallest absolute Gasteiger partial charge is 0.338 e. The molecule has 0 aliphatic carbocycles. The number of ether oxygens (including phenoxy) is 4. The first kappa shape index (κ1) is 27.5. The van der Waals surface area contributed by atoms with Gasteiger partial charge >= 0.3 is 5.97 Å². The second-order valence-corrected chi connectivity index (χ2v) is 9.56. The van der Waals surface area contributed by atoms with Crippen molar-refractivity contribution in [3.05, 3.63) is 87.4 Å². The minimum atomic E-state index is -0.469. The van der Waals surface area contributed by atoms with Crippen LogP contribution in [0.5, 0.6) is 17.2 Å². The van der Waals surface area contributed by atoms with E-state index in [1.54, 1.807) is 43.5 Å². The number of nitrogens with one attached hydrogen (secondary N) is 1. The molecule has 1 heterocycles. The summed E-state index contributed by atoms with van der Waals surface area (Å²) in [4.78, 5) is 16.6. The standard InChI is InChI=1S/C30H25Cl2N3O5/c1-3-38-12-13-39-30(36)16-8-10-18(11-9-16)40-27-23-17(15-21(31)26(27)32)14-20-25(29(34)35-28(20)33)24(23)19-6-4-5-7-22(19)37-2/h4-11,14-15H,3,12-13H2,1-2H3,(H3,33,34,35). The first-order valence-corrected chi connectivity index (χ1v) is 13.2. The molecule has 0 radical (unpaired) electrons. The zero-order valence-corrected chi connectivity index (χ0v) is 23.2. The van der Waals surface area contributed by atoms with Crippen molar-refractivity contribution in [3.63, 3.8) is 0 Å². The lowest BCUT2D eigenvalue weighted by Gasteiger charge is -2.20. The number of nitrogens with two attached hydrogens (primary N) is 1. The number of esters is 1. The van der Waals surface area contributed by atoms with Crippen molar-refractivity contribution in [1.82, 2.24) is 0 Å². The lowest BCUT2D eigenvalue weighted by molar-refractivity contribution is 0.0335. The van der Waals surface area contributed by atoms with Gasteiger partial charge in [0, 0.05) is 34.2 Å². The van der Waals surface area contributed by atoms with Crippen molar-refractivity contribution in [2.24, 2.45) is 10.7 Å². The summed E-state index contributed by atoms with van der Waals surface area (Å²) in [7, 11) is 1.58. The molecule has 0 saturated carbocycles. The molecule has 1 aliphatic heterocycles. The van der Waals surface area contributed by atoms with Gasteiger partial charge in [-0.2, -0.15) is 0 Å². The second kappa shape index (κ2) is 11.6. The number of carbonyl (C=O) groups excluding carboxylic acids is 1. The second-order valence-electron chi connectivity index (χ2n) is 8.78. The van der Waals surface area contributed by atoms with E-state index in [1.165, 1.54) is 0 Å². The van der Waals surface area contributed by atoms with Crippen LogP contribution in [0, 0.1) is 5.41 Å². The minimum absolute atomic E-state index is 0.0443. The molecular formula is C30H25Cl2N3O5. The van der Waals surface area contributed by atoms with E-state index in [-0.39, 0.29) is 34.1 Å². The Bertz CT molecular complexity index is 1670. The molecule has 5 rings (SSSR count). The van der Waals surface area contributed by atoms with E-state index in [1.807, 2.05) is 31.2 Å². The number of para-hydroxylation sites is 1. The Morgan fingerprint density at radius 1 is 1.00 bits per heavy atom. The summed E-state index contributed by atoms with van der Waals surface area (Å²) in [5, 5.41) is 10.2. The fourth-order valence-electron chi connectivity index (χ4n) is 4.58. The first-order valence-electron chi connectivity index (χ1n) is 12.4. The van der Waals surface area contributed by atoms with Crippen molar-refractivity contribution < 1.29 is 23.7 Å². The van der Waals surface area contributed by atoms with Crippen LogP contribution >= 0.6 is 23.2 Å². The number of fused-ring (bicyclic) bond motifs is 2. The van der Waals surface area contributed by atoms with Crippen molar-refractivity contribution in [1.29, 1.82) is 5.41 Å². The Hall–Kier alpha value is -4.11. The quantitative estimate of drug-likeness (QED) is 0.166. The van der Waals surface area contributed by atoms with E-state index < -0.39 is 5.97 Å². The normalized spacial score (nSPS) is 12.3. The molecule has 40 heavy (non-hydrogen) atoms. The Morgan fingerprint density at radius 3 is 2.48 bits per heavy atom. The van der Waals surface area contributed by atoms with Gasteiger partial charge in [0.2, 0.25) is 0 Å². The molecule has 10 heteroatoms. The maximum absolute atomic E-state index is 12.4. The molecule has 0 amide bonds. The monoisotopic (exact) mass is 577 g/mol. The Morgan fingerprint density at radius 2 is 1.75 bits per heavy atom. The van der Waals surface area contributed by atoms with Gasteiger partial charge in [0.05, 0.1) is 24.3 Å². The molecule has 3 N–H and O–H groups in total. The van der Waals surface area contributed by atoms with Gasteiger partial charge in [0.25, 0.3) is 0 Å². The number of hydrogen-bond acceptors (Lipinski definition) is 7. The number of benzene rings is 4. The van der Waals surface area contributed by atoms with Crippen LogP contribution in [0.15, 0.2) is 65.7 Å². The summed E-state index contributed by atoms with van der Waals surface area (Å²) in [5.41, 5.74) is 9.21. The van der Waals surface area contributed by atoms with Gasteiger partial charge in [-0.1, -0.05) is 41.4 Å². The molecule has 204 valence electrons. The van der Waals surface area contributed by atoms with Crippen LogP contribution < -0.4 is 15.2 Å². The zero-order chi connectivity index (χ0) is 28.4. The predicted molar refractivity (Wildman–Crippen MR) is 157 cm³/mol. The number of carbonyl (C=O) groups is 1. The number of nitrogens with zero attached hydrogens (tertiary/aromatic N) is 1. The fraction of sp³-hybridized carbons (Fsp3) is 0.167. The summed E-state index contributed by atoms with van der Waals surface area (Å²) in [6, 6.07) is 17.5. The molecule has 0 fully saturated rings. The Balaban J connectivity index is 1.64. The number of amidine groups is 2. The highest BCUT2D eigenvalue weighted by molar-refractivity contribution is 6.44. The van der Waals surface area contributed by atoms with Crippen LogP contribution in [-0.4, -0.2) is 44.6 Å². The molecule has 0 bridgehead atoms. The SMILES string of the molecule is CCOCCOC(=O)c1ccc(Oc2c(Cl)c(Cl)cc3cc4c(c(-c5ccccc5OC)c23)C(N)=NC4=N)cc1. The van der Waals surface area contributed by atoms with Gasteiger partial charge in [-0.15, -0.1) is 0 Å². The van der Waals surface area contributed by atoms with Crippen LogP contribution in [0.25, 0.3) is 21.9 Å². The highest BCUT2D eigenvalue weighted by Gasteiger charge is 2.29. The minimum Gasteiger partial charge on any atom is -0.496 e.